The van der Waals surface area contributed by atoms with Crippen molar-refractivity contribution in [2.75, 3.05) is 40.3 Å². The number of hydrogen-bond donors (Lipinski definition) is 1. The van der Waals surface area contributed by atoms with E-state index in [1.54, 1.807) is 0 Å². The zero-order valence-electron chi connectivity index (χ0n) is 12.8. The number of benzene rings is 1. The minimum Gasteiger partial charge on any atom is -0.313 e. The van der Waals surface area contributed by atoms with E-state index in [1.165, 1.54) is 25.2 Å². The van der Waals surface area contributed by atoms with Crippen LogP contribution in [0.25, 0.3) is 0 Å². The highest BCUT2D eigenvalue weighted by Crippen LogP contribution is 2.20. The molecule has 1 fully saturated rings. The van der Waals surface area contributed by atoms with Crippen LogP contribution in [0.4, 0.5) is 0 Å². The van der Waals surface area contributed by atoms with E-state index in [0.29, 0.717) is 12.1 Å². The van der Waals surface area contributed by atoms with Crippen molar-refractivity contribution in [3.05, 3.63) is 34.3 Å². The highest BCUT2D eigenvalue weighted by Gasteiger charge is 2.22. The van der Waals surface area contributed by atoms with Crippen LogP contribution < -0.4 is 5.32 Å². The van der Waals surface area contributed by atoms with Gasteiger partial charge in [0.1, 0.15) is 0 Å². The van der Waals surface area contributed by atoms with E-state index in [9.17, 15) is 0 Å². The Labute approximate surface area is 131 Å². The largest absolute Gasteiger partial charge is 0.313 e. The first-order chi connectivity index (χ1) is 9.60. The summed E-state index contributed by atoms with van der Waals surface area (Å²) in [6, 6.07) is 9.76. The fourth-order valence-electron chi connectivity index (χ4n) is 2.98. The number of nitrogens with zero attached hydrogens (tertiary/aromatic N) is 2. The van der Waals surface area contributed by atoms with Crippen molar-refractivity contribution in [2.45, 2.75) is 25.4 Å². The molecule has 0 saturated carbocycles. The number of halogens is 1. The summed E-state index contributed by atoms with van der Waals surface area (Å²) in [6.45, 7) is 7.06. The first kappa shape index (κ1) is 16.0. The molecule has 1 saturated heterocycles. The van der Waals surface area contributed by atoms with Crippen LogP contribution in [0.15, 0.2) is 28.7 Å². The van der Waals surface area contributed by atoms with E-state index in [2.05, 4.69) is 76.3 Å². The normalized spacial score (nSPS) is 22.9. The van der Waals surface area contributed by atoms with E-state index in [4.69, 9.17) is 0 Å². The summed E-state index contributed by atoms with van der Waals surface area (Å²) in [4.78, 5) is 5.04. The van der Waals surface area contributed by atoms with Gasteiger partial charge >= 0.3 is 0 Å². The lowest BCUT2D eigenvalue weighted by Crippen LogP contribution is -2.50. The number of rotatable bonds is 5. The molecule has 1 aromatic rings. The maximum absolute atomic E-state index is 3.50. The first-order valence-electron chi connectivity index (χ1n) is 7.45. The van der Waals surface area contributed by atoms with Crippen molar-refractivity contribution in [1.82, 2.24) is 15.1 Å². The quantitative estimate of drug-likeness (QED) is 0.889. The van der Waals surface area contributed by atoms with Gasteiger partial charge in [0, 0.05) is 42.7 Å². The smallest absolute Gasteiger partial charge is 0.0329 e. The van der Waals surface area contributed by atoms with E-state index >= 15 is 0 Å². The van der Waals surface area contributed by atoms with Gasteiger partial charge in [-0.3, -0.25) is 4.90 Å². The molecule has 1 aliphatic heterocycles. The summed E-state index contributed by atoms with van der Waals surface area (Å²) in [5.74, 6) is 0. The lowest BCUT2D eigenvalue weighted by molar-refractivity contribution is 0.0963. The summed E-state index contributed by atoms with van der Waals surface area (Å²) in [6.07, 6.45) is 1.16. The molecule has 1 N–H and O–H groups in total. The van der Waals surface area contributed by atoms with E-state index in [1.807, 2.05) is 0 Å². The molecule has 3 nitrogen and oxygen atoms in total. The Morgan fingerprint density at radius 1 is 1.30 bits per heavy atom. The maximum Gasteiger partial charge on any atom is 0.0329 e. The summed E-state index contributed by atoms with van der Waals surface area (Å²) in [5, 5.41) is 3.45. The van der Waals surface area contributed by atoms with Crippen molar-refractivity contribution in [2.24, 2.45) is 0 Å². The van der Waals surface area contributed by atoms with Gasteiger partial charge in [0.2, 0.25) is 0 Å². The molecule has 0 amide bonds. The standard InChI is InChI=1S/C16H26BrN3/c1-13-12-19(3)10-11-20(13)9-8-16(18-2)14-4-6-15(17)7-5-14/h4-7,13,16,18H,8-12H2,1-3H3. The number of hydrogen-bond acceptors (Lipinski definition) is 3. The molecule has 20 heavy (non-hydrogen) atoms. The Hall–Kier alpha value is -0.420. The van der Waals surface area contributed by atoms with Crippen LogP contribution in [0.2, 0.25) is 0 Å². The highest BCUT2D eigenvalue weighted by molar-refractivity contribution is 9.10. The van der Waals surface area contributed by atoms with E-state index < -0.39 is 0 Å². The number of likely N-dealkylation sites (N-methyl/N-ethyl adjacent to an activating group) is 1. The van der Waals surface area contributed by atoms with E-state index in [-0.39, 0.29) is 0 Å². The minimum atomic E-state index is 0.440. The third kappa shape index (κ3) is 4.29. The summed E-state index contributed by atoms with van der Waals surface area (Å²) >= 11 is 3.50. The SMILES string of the molecule is CNC(CCN1CCN(C)CC1C)c1ccc(Br)cc1. The fraction of sp³-hybridized carbons (Fsp3) is 0.625. The van der Waals surface area contributed by atoms with Gasteiger partial charge < -0.3 is 10.2 Å². The molecule has 1 aliphatic rings. The third-order valence-corrected chi connectivity index (χ3v) is 4.82. The summed E-state index contributed by atoms with van der Waals surface area (Å²) in [5.41, 5.74) is 1.37. The molecule has 0 aromatic heterocycles. The van der Waals surface area contributed by atoms with Crippen LogP contribution in [0.5, 0.6) is 0 Å². The molecule has 0 bridgehead atoms. The Bertz CT molecular complexity index is 407. The third-order valence-electron chi connectivity index (χ3n) is 4.29. The maximum atomic E-state index is 3.50. The van der Waals surface area contributed by atoms with Gasteiger partial charge in [-0.15, -0.1) is 0 Å². The highest BCUT2D eigenvalue weighted by atomic mass is 79.9. The zero-order chi connectivity index (χ0) is 14.5. The van der Waals surface area contributed by atoms with Crippen LogP contribution >= 0.6 is 15.9 Å². The second-order valence-corrected chi connectivity index (χ2v) is 6.74. The van der Waals surface area contributed by atoms with Crippen LogP contribution in [0.3, 0.4) is 0 Å². The summed E-state index contributed by atoms with van der Waals surface area (Å²) in [7, 11) is 4.27. The zero-order valence-corrected chi connectivity index (χ0v) is 14.4. The van der Waals surface area contributed by atoms with Gasteiger partial charge in [-0.2, -0.15) is 0 Å². The topological polar surface area (TPSA) is 18.5 Å². The van der Waals surface area contributed by atoms with Gasteiger partial charge in [0.15, 0.2) is 0 Å². The van der Waals surface area contributed by atoms with Crippen molar-refractivity contribution in [1.29, 1.82) is 0 Å². The molecule has 0 spiro atoms. The van der Waals surface area contributed by atoms with Crippen molar-refractivity contribution < 1.29 is 0 Å². The molecule has 2 atom stereocenters. The van der Waals surface area contributed by atoms with Gasteiger partial charge in [-0.1, -0.05) is 28.1 Å². The average Bonchev–Trinajstić information content (AvgIpc) is 2.43. The molecule has 0 aliphatic carbocycles. The predicted octanol–water partition coefficient (Wildman–Crippen LogP) is 2.74. The molecule has 2 rings (SSSR count). The molecule has 1 aromatic carbocycles. The Morgan fingerprint density at radius 3 is 2.60 bits per heavy atom. The molecule has 0 radical (unpaired) electrons. The number of piperazine rings is 1. The van der Waals surface area contributed by atoms with Gasteiger partial charge in [-0.25, -0.2) is 0 Å². The second-order valence-electron chi connectivity index (χ2n) is 5.83. The molecule has 4 heteroatoms. The van der Waals surface area contributed by atoms with Crippen LogP contribution in [0, 0.1) is 0 Å². The van der Waals surface area contributed by atoms with Crippen LogP contribution in [-0.4, -0.2) is 56.1 Å². The summed E-state index contributed by atoms with van der Waals surface area (Å²) < 4.78 is 1.14. The number of nitrogens with one attached hydrogen (secondary N) is 1. The van der Waals surface area contributed by atoms with Crippen LogP contribution in [0.1, 0.15) is 24.9 Å². The molecular formula is C16H26BrN3. The first-order valence-corrected chi connectivity index (χ1v) is 8.24. The average molecular weight is 340 g/mol. The van der Waals surface area contributed by atoms with Gasteiger partial charge in [-0.05, 0) is 45.1 Å². The monoisotopic (exact) mass is 339 g/mol. The van der Waals surface area contributed by atoms with Gasteiger partial charge in [0.25, 0.3) is 0 Å². The lowest BCUT2D eigenvalue weighted by atomic mass is 10.0. The van der Waals surface area contributed by atoms with Crippen molar-refractivity contribution in [3.63, 3.8) is 0 Å². The fourth-order valence-corrected chi connectivity index (χ4v) is 3.24. The van der Waals surface area contributed by atoms with Crippen molar-refractivity contribution in [3.8, 4) is 0 Å². The predicted molar refractivity (Wildman–Crippen MR) is 89.1 cm³/mol. The molecule has 2 unspecified atom stereocenters. The van der Waals surface area contributed by atoms with Crippen LogP contribution in [-0.2, 0) is 0 Å². The Kier molecular flexibility index (Phi) is 6.02. The molecule has 1 heterocycles. The Balaban J connectivity index is 1.89. The lowest BCUT2D eigenvalue weighted by Gasteiger charge is -2.38. The Morgan fingerprint density at radius 2 is 2.00 bits per heavy atom. The minimum absolute atomic E-state index is 0.440. The van der Waals surface area contributed by atoms with Crippen molar-refractivity contribution >= 4 is 15.9 Å². The van der Waals surface area contributed by atoms with E-state index in [0.717, 1.165) is 17.4 Å². The molecular weight excluding hydrogens is 314 g/mol. The van der Waals surface area contributed by atoms with Gasteiger partial charge in [0.05, 0.1) is 0 Å². The molecule has 112 valence electrons. The second kappa shape index (κ2) is 7.55.